The first-order chi connectivity index (χ1) is 11.5. The van der Waals surface area contributed by atoms with Crippen molar-refractivity contribution in [1.29, 1.82) is 0 Å². The van der Waals surface area contributed by atoms with Crippen molar-refractivity contribution in [1.82, 2.24) is 4.90 Å². The molecule has 0 spiro atoms. The maximum absolute atomic E-state index is 12.7. The largest absolute Gasteiger partial charge is 0.490 e. The summed E-state index contributed by atoms with van der Waals surface area (Å²) >= 11 is 6.14. The topological polar surface area (TPSA) is 72.7 Å². The van der Waals surface area contributed by atoms with Gasteiger partial charge in [-0.15, -0.1) is 0 Å². The molecule has 1 amide bonds. The Morgan fingerprint density at radius 2 is 2.00 bits per heavy atom. The summed E-state index contributed by atoms with van der Waals surface area (Å²) in [5.41, 5.74) is 0.811. The highest BCUT2D eigenvalue weighted by molar-refractivity contribution is 6.31. The van der Waals surface area contributed by atoms with Crippen molar-refractivity contribution in [2.75, 3.05) is 13.7 Å². The summed E-state index contributed by atoms with van der Waals surface area (Å²) in [6.07, 6.45) is 0. The quantitative estimate of drug-likeness (QED) is 0.586. The second-order valence-corrected chi connectivity index (χ2v) is 5.46. The lowest BCUT2D eigenvalue weighted by atomic mass is 10.1. The molecule has 0 aliphatic heterocycles. The molecule has 2 aromatic rings. The van der Waals surface area contributed by atoms with Gasteiger partial charge in [0, 0.05) is 29.7 Å². The van der Waals surface area contributed by atoms with E-state index in [-0.39, 0.29) is 22.9 Å². The van der Waals surface area contributed by atoms with E-state index in [0.29, 0.717) is 18.1 Å². The first kappa shape index (κ1) is 17.7. The van der Waals surface area contributed by atoms with Gasteiger partial charge in [0.1, 0.15) is 0 Å². The van der Waals surface area contributed by atoms with Crippen molar-refractivity contribution in [3.05, 3.63) is 68.7 Å². The van der Waals surface area contributed by atoms with Crippen LogP contribution >= 0.6 is 11.6 Å². The summed E-state index contributed by atoms with van der Waals surface area (Å²) in [6.45, 7) is 2.62. The Hall–Kier alpha value is -2.60. The van der Waals surface area contributed by atoms with Gasteiger partial charge in [0.15, 0.2) is 5.75 Å². The zero-order chi connectivity index (χ0) is 17.7. The third-order valence-electron chi connectivity index (χ3n) is 3.61. The number of ether oxygens (including phenoxy) is 1. The number of nitrogens with zero attached hydrogens (tertiary/aromatic N) is 2. The Bertz CT molecular complexity index is 764. The fourth-order valence-corrected chi connectivity index (χ4v) is 2.50. The Kier molecular flexibility index (Phi) is 5.76. The van der Waals surface area contributed by atoms with Gasteiger partial charge in [-0.05, 0) is 30.7 Å². The lowest BCUT2D eigenvalue weighted by molar-refractivity contribution is -0.385. The molecule has 0 N–H and O–H groups in total. The van der Waals surface area contributed by atoms with E-state index >= 15 is 0 Å². The first-order valence-corrected chi connectivity index (χ1v) is 7.70. The number of rotatable bonds is 6. The number of nitro groups is 1. The highest BCUT2D eigenvalue weighted by Crippen LogP contribution is 2.28. The fourth-order valence-electron chi connectivity index (χ4n) is 2.31. The standard InChI is InChI=1S/C17H17ClN2O4/c1-3-19(11-13-6-4-5-7-14(13)18)17(21)12-8-9-16(24-2)15(10-12)20(22)23/h4-10H,3,11H2,1-2H3. The van der Waals surface area contributed by atoms with Gasteiger partial charge in [-0.3, -0.25) is 14.9 Å². The van der Waals surface area contributed by atoms with Crippen LogP contribution in [0.15, 0.2) is 42.5 Å². The molecule has 0 aromatic heterocycles. The van der Waals surface area contributed by atoms with Crippen LogP contribution in [0, 0.1) is 10.1 Å². The van der Waals surface area contributed by atoms with Crippen molar-refractivity contribution >= 4 is 23.2 Å². The number of carbonyl (C=O) groups excluding carboxylic acids is 1. The molecule has 0 saturated heterocycles. The molecule has 0 atom stereocenters. The van der Waals surface area contributed by atoms with E-state index in [1.807, 2.05) is 25.1 Å². The van der Waals surface area contributed by atoms with E-state index < -0.39 is 4.92 Å². The number of amides is 1. The highest BCUT2D eigenvalue weighted by atomic mass is 35.5. The van der Waals surface area contributed by atoms with Crippen molar-refractivity contribution in [3.8, 4) is 5.75 Å². The van der Waals surface area contributed by atoms with Crippen LogP contribution in [-0.4, -0.2) is 29.4 Å². The van der Waals surface area contributed by atoms with Crippen LogP contribution in [0.25, 0.3) is 0 Å². The maximum Gasteiger partial charge on any atom is 0.311 e. The van der Waals surface area contributed by atoms with Crippen LogP contribution in [0.2, 0.25) is 5.02 Å². The molecular weight excluding hydrogens is 332 g/mol. The van der Waals surface area contributed by atoms with E-state index in [2.05, 4.69) is 0 Å². The minimum Gasteiger partial charge on any atom is -0.490 e. The molecular formula is C17H17ClN2O4. The van der Waals surface area contributed by atoms with Gasteiger partial charge in [0.05, 0.1) is 12.0 Å². The van der Waals surface area contributed by atoms with Crippen LogP contribution in [0.4, 0.5) is 5.69 Å². The molecule has 24 heavy (non-hydrogen) atoms. The summed E-state index contributed by atoms with van der Waals surface area (Å²) in [4.78, 5) is 24.8. The SMILES string of the molecule is CCN(Cc1ccccc1Cl)C(=O)c1ccc(OC)c([N+](=O)[O-])c1. The maximum atomic E-state index is 12.7. The molecule has 0 aliphatic rings. The normalized spacial score (nSPS) is 10.3. The second kappa shape index (κ2) is 7.79. The Morgan fingerprint density at radius 3 is 2.58 bits per heavy atom. The van der Waals surface area contributed by atoms with Crippen molar-refractivity contribution in [3.63, 3.8) is 0 Å². The van der Waals surface area contributed by atoms with Crippen LogP contribution in [0.1, 0.15) is 22.8 Å². The summed E-state index contributed by atoms with van der Waals surface area (Å²) in [5, 5.41) is 11.7. The average molecular weight is 349 g/mol. The third-order valence-corrected chi connectivity index (χ3v) is 3.98. The fraction of sp³-hybridized carbons (Fsp3) is 0.235. The Morgan fingerprint density at radius 1 is 1.29 bits per heavy atom. The van der Waals surface area contributed by atoms with E-state index in [4.69, 9.17) is 16.3 Å². The van der Waals surface area contributed by atoms with Gasteiger partial charge < -0.3 is 9.64 Å². The smallest absolute Gasteiger partial charge is 0.311 e. The van der Waals surface area contributed by atoms with E-state index in [1.165, 1.54) is 25.3 Å². The van der Waals surface area contributed by atoms with Crippen LogP contribution in [0.3, 0.4) is 0 Å². The summed E-state index contributed by atoms with van der Waals surface area (Å²) < 4.78 is 4.96. The number of hydrogen-bond acceptors (Lipinski definition) is 4. The third kappa shape index (κ3) is 3.83. The number of halogens is 1. The number of carbonyl (C=O) groups is 1. The molecule has 0 unspecified atom stereocenters. The predicted octanol–water partition coefficient (Wildman–Crippen LogP) is 3.92. The molecule has 7 heteroatoms. The monoisotopic (exact) mass is 348 g/mol. The van der Waals surface area contributed by atoms with Crippen LogP contribution < -0.4 is 4.74 Å². The van der Waals surface area contributed by atoms with Gasteiger partial charge in [-0.25, -0.2) is 0 Å². The number of nitro benzene ring substituents is 1. The molecule has 2 aromatic carbocycles. The second-order valence-electron chi connectivity index (χ2n) is 5.05. The van der Waals surface area contributed by atoms with Gasteiger partial charge in [0.2, 0.25) is 0 Å². The zero-order valence-corrected chi connectivity index (χ0v) is 14.1. The minimum atomic E-state index is -0.569. The number of benzene rings is 2. The molecule has 0 heterocycles. The highest BCUT2D eigenvalue weighted by Gasteiger charge is 2.21. The van der Waals surface area contributed by atoms with Crippen molar-refractivity contribution < 1.29 is 14.5 Å². The van der Waals surface area contributed by atoms with Gasteiger partial charge in [-0.1, -0.05) is 29.8 Å². The van der Waals surface area contributed by atoms with E-state index in [1.54, 1.807) is 11.0 Å². The Balaban J connectivity index is 2.30. The summed E-state index contributed by atoms with van der Waals surface area (Å²) in [7, 11) is 1.35. The molecule has 2 rings (SSSR count). The van der Waals surface area contributed by atoms with Gasteiger partial charge >= 0.3 is 5.69 Å². The molecule has 0 fully saturated rings. The molecule has 126 valence electrons. The minimum absolute atomic E-state index is 0.116. The number of methoxy groups -OCH3 is 1. The lowest BCUT2D eigenvalue weighted by Gasteiger charge is -2.21. The lowest BCUT2D eigenvalue weighted by Crippen LogP contribution is -2.30. The van der Waals surface area contributed by atoms with E-state index in [9.17, 15) is 14.9 Å². The first-order valence-electron chi connectivity index (χ1n) is 7.33. The summed E-state index contributed by atoms with van der Waals surface area (Å²) in [5.74, 6) is -0.186. The summed E-state index contributed by atoms with van der Waals surface area (Å²) in [6, 6.07) is 11.4. The van der Waals surface area contributed by atoms with Gasteiger partial charge in [0.25, 0.3) is 5.91 Å². The molecule has 6 nitrogen and oxygen atoms in total. The molecule has 0 bridgehead atoms. The Labute approximate surface area is 144 Å². The van der Waals surface area contributed by atoms with Crippen LogP contribution in [0.5, 0.6) is 5.75 Å². The van der Waals surface area contributed by atoms with Crippen molar-refractivity contribution in [2.24, 2.45) is 0 Å². The molecule has 0 aliphatic carbocycles. The van der Waals surface area contributed by atoms with Crippen LogP contribution in [-0.2, 0) is 6.54 Å². The zero-order valence-electron chi connectivity index (χ0n) is 13.4. The predicted molar refractivity (Wildman–Crippen MR) is 91.5 cm³/mol. The average Bonchev–Trinajstić information content (AvgIpc) is 2.59. The van der Waals surface area contributed by atoms with Crippen molar-refractivity contribution in [2.45, 2.75) is 13.5 Å². The number of hydrogen-bond donors (Lipinski definition) is 0. The van der Waals surface area contributed by atoms with E-state index in [0.717, 1.165) is 5.56 Å². The molecule has 0 radical (unpaired) electrons. The molecule has 0 saturated carbocycles. The van der Waals surface area contributed by atoms with Gasteiger partial charge in [-0.2, -0.15) is 0 Å².